The Balaban J connectivity index is 1.75. The van der Waals surface area contributed by atoms with Crippen LogP contribution in [-0.2, 0) is 4.79 Å². The summed E-state index contributed by atoms with van der Waals surface area (Å²) in [4.78, 5) is 25.4. The van der Waals surface area contributed by atoms with Gasteiger partial charge in [0.05, 0.1) is 4.91 Å². The van der Waals surface area contributed by atoms with Gasteiger partial charge in [-0.3, -0.25) is 9.69 Å². The van der Waals surface area contributed by atoms with Crippen LogP contribution in [0.1, 0.15) is 50.3 Å². The standard InChI is InChI=1S/C23H24ClN3OS/c1-15-7-6-10-20(25-15)26-23-27(19-8-4-3-5-9-19)22(28)21(29-23)16(2)17-11-13-18(24)14-12-17/h6-7,10-14,19H,3-5,8-9H2,1-2H3/b21-16-,26-23+. The summed E-state index contributed by atoms with van der Waals surface area (Å²) < 4.78 is 0. The van der Waals surface area contributed by atoms with Crippen LogP contribution in [0.5, 0.6) is 0 Å². The molecule has 1 saturated heterocycles. The summed E-state index contributed by atoms with van der Waals surface area (Å²) in [6.45, 7) is 3.95. The first-order valence-corrected chi connectivity index (χ1v) is 11.2. The number of allylic oxidation sites excluding steroid dienone is 1. The zero-order chi connectivity index (χ0) is 20.4. The summed E-state index contributed by atoms with van der Waals surface area (Å²) in [7, 11) is 0. The normalized spacial score (nSPS) is 21.1. The van der Waals surface area contributed by atoms with E-state index in [1.165, 1.54) is 18.2 Å². The van der Waals surface area contributed by atoms with Crippen LogP contribution in [0.3, 0.4) is 0 Å². The zero-order valence-electron chi connectivity index (χ0n) is 16.7. The monoisotopic (exact) mass is 425 g/mol. The molecule has 0 N–H and O–H groups in total. The van der Waals surface area contributed by atoms with Crippen molar-refractivity contribution in [1.29, 1.82) is 0 Å². The van der Waals surface area contributed by atoms with Gasteiger partial charge in [-0.1, -0.05) is 49.1 Å². The van der Waals surface area contributed by atoms with E-state index in [4.69, 9.17) is 16.6 Å². The highest BCUT2D eigenvalue weighted by Gasteiger charge is 2.39. The molecule has 2 aromatic rings. The lowest BCUT2D eigenvalue weighted by atomic mass is 9.94. The largest absolute Gasteiger partial charge is 0.283 e. The number of aryl methyl sites for hydroxylation is 1. The molecule has 1 aliphatic heterocycles. The van der Waals surface area contributed by atoms with E-state index in [-0.39, 0.29) is 11.9 Å². The van der Waals surface area contributed by atoms with Crippen LogP contribution in [0.2, 0.25) is 5.02 Å². The van der Waals surface area contributed by atoms with E-state index in [1.54, 1.807) is 0 Å². The summed E-state index contributed by atoms with van der Waals surface area (Å²) in [6.07, 6.45) is 5.61. The van der Waals surface area contributed by atoms with Crippen molar-refractivity contribution in [2.24, 2.45) is 4.99 Å². The smallest absolute Gasteiger partial charge is 0.267 e. The number of rotatable bonds is 3. The number of halogens is 1. The van der Waals surface area contributed by atoms with E-state index < -0.39 is 0 Å². The van der Waals surface area contributed by atoms with Gasteiger partial charge in [0, 0.05) is 16.8 Å². The van der Waals surface area contributed by atoms with E-state index in [9.17, 15) is 4.79 Å². The van der Waals surface area contributed by atoms with Gasteiger partial charge < -0.3 is 0 Å². The fourth-order valence-corrected chi connectivity index (χ4v) is 5.11. The number of hydrogen-bond acceptors (Lipinski definition) is 4. The molecule has 4 rings (SSSR count). The van der Waals surface area contributed by atoms with Gasteiger partial charge in [0.25, 0.3) is 5.91 Å². The summed E-state index contributed by atoms with van der Waals surface area (Å²) in [5, 5.41) is 1.43. The molecule has 1 aromatic heterocycles. The quantitative estimate of drug-likeness (QED) is 0.536. The molecule has 0 radical (unpaired) electrons. The number of carbonyl (C=O) groups is 1. The molecule has 4 nitrogen and oxygen atoms in total. The number of thioether (sulfide) groups is 1. The average Bonchev–Trinajstić information content (AvgIpc) is 3.04. The number of aromatic nitrogens is 1. The Hall–Kier alpha value is -2.11. The van der Waals surface area contributed by atoms with Crippen LogP contribution in [0.15, 0.2) is 52.4 Å². The molecule has 2 fully saturated rings. The fourth-order valence-electron chi connectivity index (χ4n) is 3.88. The molecule has 2 aliphatic rings. The minimum absolute atomic E-state index is 0.0563. The van der Waals surface area contributed by atoms with Gasteiger partial charge in [-0.05, 0) is 73.9 Å². The Morgan fingerprint density at radius 2 is 1.86 bits per heavy atom. The second-order valence-corrected chi connectivity index (χ2v) is 8.98. The Morgan fingerprint density at radius 3 is 2.55 bits per heavy atom. The molecule has 2 heterocycles. The SMILES string of the molecule is C/C(=C1/S/C(=N/c2cccc(C)n2)N(C2CCCCC2)C1=O)c1ccc(Cl)cc1. The summed E-state index contributed by atoms with van der Waals surface area (Å²) in [5.74, 6) is 0.701. The lowest BCUT2D eigenvalue weighted by molar-refractivity contribution is -0.124. The van der Waals surface area contributed by atoms with Crippen molar-refractivity contribution in [1.82, 2.24) is 9.88 Å². The topological polar surface area (TPSA) is 45.6 Å². The molecule has 1 saturated carbocycles. The van der Waals surface area contributed by atoms with Crippen LogP contribution in [0, 0.1) is 6.92 Å². The van der Waals surface area contributed by atoms with Crippen molar-refractivity contribution in [3.8, 4) is 0 Å². The van der Waals surface area contributed by atoms with Crippen LogP contribution in [-0.4, -0.2) is 27.0 Å². The number of aliphatic imine (C=N–C) groups is 1. The molecule has 0 bridgehead atoms. The Morgan fingerprint density at radius 1 is 1.14 bits per heavy atom. The molecular formula is C23H24ClN3OS. The van der Waals surface area contributed by atoms with Crippen LogP contribution < -0.4 is 0 Å². The van der Waals surface area contributed by atoms with Crippen molar-refractivity contribution in [3.63, 3.8) is 0 Å². The average molecular weight is 426 g/mol. The number of hydrogen-bond donors (Lipinski definition) is 0. The van der Waals surface area contributed by atoms with Crippen molar-refractivity contribution < 1.29 is 4.79 Å². The number of amides is 1. The second kappa shape index (κ2) is 8.72. The highest BCUT2D eigenvalue weighted by atomic mass is 35.5. The molecule has 0 spiro atoms. The molecule has 1 aromatic carbocycles. The molecule has 1 amide bonds. The third kappa shape index (κ3) is 4.41. The minimum atomic E-state index is 0.0563. The Kier molecular flexibility index (Phi) is 6.07. The van der Waals surface area contributed by atoms with E-state index in [1.807, 2.05) is 61.2 Å². The van der Waals surface area contributed by atoms with Gasteiger partial charge in [0.15, 0.2) is 11.0 Å². The predicted octanol–water partition coefficient (Wildman–Crippen LogP) is 6.37. The molecule has 0 unspecified atom stereocenters. The molecular weight excluding hydrogens is 402 g/mol. The number of pyridine rings is 1. The van der Waals surface area contributed by atoms with Crippen molar-refractivity contribution in [2.45, 2.75) is 52.0 Å². The fraction of sp³-hybridized carbons (Fsp3) is 0.348. The van der Waals surface area contributed by atoms with Gasteiger partial charge in [-0.25, -0.2) is 9.98 Å². The number of carbonyl (C=O) groups excluding carboxylic acids is 1. The van der Waals surface area contributed by atoms with Crippen LogP contribution in [0.4, 0.5) is 5.82 Å². The highest BCUT2D eigenvalue weighted by molar-refractivity contribution is 8.18. The first kappa shape index (κ1) is 20.2. The van der Waals surface area contributed by atoms with Crippen molar-refractivity contribution in [2.75, 3.05) is 0 Å². The molecule has 0 atom stereocenters. The summed E-state index contributed by atoms with van der Waals surface area (Å²) in [6, 6.07) is 13.6. The molecule has 1 aliphatic carbocycles. The van der Waals surface area contributed by atoms with Crippen molar-refractivity contribution >= 4 is 45.8 Å². The van der Waals surface area contributed by atoms with Gasteiger partial charge in [-0.2, -0.15) is 0 Å². The van der Waals surface area contributed by atoms with Gasteiger partial charge in [0.1, 0.15) is 0 Å². The van der Waals surface area contributed by atoms with Crippen LogP contribution >= 0.6 is 23.4 Å². The van der Waals surface area contributed by atoms with E-state index in [0.717, 1.165) is 52.6 Å². The lowest BCUT2D eigenvalue weighted by Crippen LogP contribution is -2.40. The van der Waals surface area contributed by atoms with E-state index in [0.29, 0.717) is 10.8 Å². The number of amidine groups is 1. The van der Waals surface area contributed by atoms with Gasteiger partial charge in [-0.15, -0.1) is 0 Å². The summed E-state index contributed by atoms with van der Waals surface area (Å²) in [5.41, 5.74) is 2.88. The Labute approximate surface area is 181 Å². The van der Waals surface area contributed by atoms with Crippen LogP contribution in [0.25, 0.3) is 5.57 Å². The number of benzene rings is 1. The maximum absolute atomic E-state index is 13.5. The maximum atomic E-state index is 13.5. The first-order valence-electron chi connectivity index (χ1n) is 10.0. The maximum Gasteiger partial charge on any atom is 0.267 e. The number of nitrogens with zero attached hydrogens (tertiary/aromatic N) is 3. The highest BCUT2D eigenvalue weighted by Crippen LogP contribution is 2.41. The molecule has 150 valence electrons. The second-order valence-electron chi connectivity index (χ2n) is 7.56. The third-order valence-corrected chi connectivity index (χ3v) is 6.86. The molecule has 6 heteroatoms. The summed E-state index contributed by atoms with van der Waals surface area (Å²) >= 11 is 7.49. The zero-order valence-corrected chi connectivity index (χ0v) is 18.3. The van der Waals surface area contributed by atoms with Gasteiger partial charge in [0.2, 0.25) is 0 Å². The minimum Gasteiger partial charge on any atom is -0.283 e. The molecule has 29 heavy (non-hydrogen) atoms. The van der Waals surface area contributed by atoms with E-state index in [2.05, 4.69) is 4.98 Å². The lowest BCUT2D eigenvalue weighted by Gasteiger charge is -2.30. The Bertz CT molecular complexity index is 978. The van der Waals surface area contributed by atoms with Crippen molar-refractivity contribution in [3.05, 3.63) is 63.6 Å². The van der Waals surface area contributed by atoms with Gasteiger partial charge >= 0.3 is 0 Å². The van der Waals surface area contributed by atoms with E-state index >= 15 is 0 Å². The predicted molar refractivity (Wildman–Crippen MR) is 121 cm³/mol. The first-order chi connectivity index (χ1) is 14.0. The third-order valence-electron chi connectivity index (χ3n) is 5.45.